The average molecular weight is 291 g/mol. The Morgan fingerprint density at radius 3 is 2.80 bits per heavy atom. The van der Waals surface area contributed by atoms with Crippen LogP contribution >= 0.6 is 11.3 Å². The fraction of sp³-hybridized carbons (Fsp3) is 0.267. The SMILES string of the molecule is COc1cccc(C(C)(NCc2cccs2)C(=O)O)c1. The summed E-state index contributed by atoms with van der Waals surface area (Å²) in [5, 5.41) is 14.7. The van der Waals surface area contributed by atoms with E-state index in [1.165, 1.54) is 0 Å². The van der Waals surface area contributed by atoms with Crippen LogP contribution in [0.5, 0.6) is 5.75 Å². The molecule has 0 radical (unpaired) electrons. The van der Waals surface area contributed by atoms with Gasteiger partial charge in [-0.1, -0.05) is 18.2 Å². The van der Waals surface area contributed by atoms with Crippen molar-refractivity contribution in [3.05, 3.63) is 52.2 Å². The molecule has 1 unspecified atom stereocenters. The smallest absolute Gasteiger partial charge is 0.328 e. The maximum atomic E-state index is 11.7. The Bertz CT molecular complexity index is 583. The number of aliphatic carboxylic acids is 1. The maximum absolute atomic E-state index is 11.7. The first-order valence-electron chi connectivity index (χ1n) is 6.21. The molecular weight excluding hydrogens is 274 g/mol. The maximum Gasteiger partial charge on any atom is 0.328 e. The molecule has 1 aromatic carbocycles. The van der Waals surface area contributed by atoms with Crippen molar-refractivity contribution >= 4 is 17.3 Å². The van der Waals surface area contributed by atoms with Crippen LogP contribution in [0.2, 0.25) is 0 Å². The number of benzene rings is 1. The highest BCUT2D eigenvalue weighted by Crippen LogP contribution is 2.26. The number of rotatable bonds is 6. The quantitative estimate of drug-likeness (QED) is 0.859. The van der Waals surface area contributed by atoms with Crippen molar-refractivity contribution < 1.29 is 14.6 Å². The van der Waals surface area contributed by atoms with Crippen LogP contribution in [0.4, 0.5) is 0 Å². The Morgan fingerprint density at radius 2 is 2.20 bits per heavy atom. The third kappa shape index (κ3) is 3.00. The van der Waals surface area contributed by atoms with E-state index in [4.69, 9.17) is 4.74 Å². The molecule has 0 bridgehead atoms. The summed E-state index contributed by atoms with van der Waals surface area (Å²) in [7, 11) is 1.57. The second kappa shape index (κ2) is 6.07. The van der Waals surface area contributed by atoms with Crippen molar-refractivity contribution in [3.8, 4) is 5.75 Å². The van der Waals surface area contributed by atoms with Gasteiger partial charge in [0.15, 0.2) is 0 Å². The minimum atomic E-state index is -1.15. The van der Waals surface area contributed by atoms with Gasteiger partial charge in [0, 0.05) is 11.4 Å². The van der Waals surface area contributed by atoms with Gasteiger partial charge in [-0.2, -0.15) is 0 Å². The average Bonchev–Trinajstić information content (AvgIpc) is 2.98. The molecule has 0 amide bonds. The summed E-state index contributed by atoms with van der Waals surface area (Å²) in [5.74, 6) is -0.268. The van der Waals surface area contributed by atoms with Crippen molar-refractivity contribution in [3.63, 3.8) is 0 Å². The number of nitrogens with one attached hydrogen (secondary N) is 1. The van der Waals surface area contributed by atoms with Crippen LogP contribution in [0.1, 0.15) is 17.4 Å². The lowest BCUT2D eigenvalue weighted by atomic mass is 9.92. The number of carboxylic acids is 1. The van der Waals surface area contributed by atoms with Gasteiger partial charge in [-0.3, -0.25) is 5.32 Å². The van der Waals surface area contributed by atoms with E-state index in [2.05, 4.69) is 5.32 Å². The molecule has 106 valence electrons. The van der Waals surface area contributed by atoms with E-state index in [-0.39, 0.29) is 0 Å². The van der Waals surface area contributed by atoms with E-state index in [1.807, 2.05) is 17.5 Å². The molecule has 2 rings (SSSR count). The highest BCUT2D eigenvalue weighted by Gasteiger charge is 2.35. The summed E-state index contributed by atoms with van der Waals surface area (Å²) in [6, 6.07) is 11.1. The third-order valence-electron chi connectivity index (χ3n) is 3.27. The largest absolute Gasteiger partial charge is 0.497 e. The number of carboxylic acid groups (broad SMARTS) is 1. The van der Waals surface area contributed by atoms with Crippen molar-refractivity contribution in [1.82, 2.24) is 5.32 Å². The third-order valence-corrected chi connectivity index (χ3v) is 4.15. The molecule has 4 nitrogen and oxygen atoms in total. The van der Waals surface area contributed by atoms with Crippen molar-refractivity contribution in [2.45, 2.75) is 19.0 Å². The summed E-state index contributed by atoms with van der Waals surface area (Å²) < 4.78 is 5.16. The van der Waals surface area contributed by atoms with E-state index < -0.39 is 11.5 Å². The molecule has 5 heteroatoms. The van der Waals surface area contributed by atoms with Crippen molar-refractivity contribution in [1.29, 1.82) is 0 Å². The number of hydrogen-bond acceptors (Lipinski definition) is 4. The van der Waals surface area contributed by atoms with E-state index in [9.17, 15) is 9.90 Å². The van der Waals surface area contributed by atoms with Gasteiger partial charge in [0.2, 0.25) is 0 Å². The standard InChI is InChI=1S/C15H17NO3S/c1-15(14(17)18,16-10-13-7-4-8-20-13)11-5-3-6-12(9-11)19-2/h3-9,16H,10H2,1-2H3,(H,17,18). The molecular formula is C15H17NO3S. The fourth-order valence-electron chi connectivity index (χ4n) is 1.91. The predicted molar refractivity (Wildman–Crippen MR) is 79.1 cm³/mol. The highest BCUT2D eigenvalue weighted by molar-refractivity contribution is 7.09. The van der Waals surface area contributed by atoms with Gasteiger partial charge >= 0.3 is 5.97 Å². The Kier molecular flexibility index (Phi) is 4.42. The monoisotopic (exact) mass is 291 g/mol. The molecule has 0 spiro atoms. The molecule has 0 fully saturated rings. The van der Waals surface area contributed by atoms with Gasteiger partial charge in [0.25, 0.3) is 0 Å². The second-order valence-electron chi connectivity index (χ2n) is 4.60. The topological polar surface area (TPSA) is 58.6 Å². The van der Waals surface area contributed by atoms with E-state index >= 15 is 0 Å². The zero-order valence-corrected chi connectivity index (χ0v) is 12.2. The summed E-state index contributed by atoms with van der Waals surface area (Å²) in [5.41, 5.74) is -0.487. The van der Waals surface area contributed by atoms with Crippen LogP contribution in [0, 0.1) is 0 Å². The summed E-state index contributed by atoms with van der Waals surface area (Å²) in [6.45, 7) is 2.18. The van der Waals surface area contributed by atoms with Gasteiger partial charge in [0.1, 0.15) is 11.3 Å². The number of carbonyl (C=O) groups is 1. The van der Waals surface area contributed by atoms with E-state index in [0.29, 0.717) is 17.9 Å². The van der Waals surface area contributed by atoms with Gasteiger partial charge in [-0.25, -0.2) is 4.79 Å². The van der Waals surface area contributed by atoms with Gasteiger partial charge in [0.05, 0.1) is 7.11 Å². The molecule has 2 N–H and O–H groups in total. The summed E-state index contributed by atoms with van der Waals surface area (Å²) >= 11 is 1.60. The molecule has 1 aromatic heterocycles. The number of hydrogen-bond donors (Lipinski definition) is 2. The molecule has 1 atom stereocenters. The van der Waals surface area contributed by atoms with Crippen LogP contribution in [-0.2, 0) is 16.9 Å². The molecule has 2 aromatic rings. The molecule has 0 saturated heterocycles. The summed E-state index contributed by atoms with van der Waals surface area (Å²) in [4.78, 5) is 12.8. The highest BCUT2D eigenvalue weighted by atomic mass is 32.1. The molecule has 20 heavy (non-hydrogen) atoms. The zero-order chi connectivity index (χ0) is 14.6. The van der Waals surface area contributed by atoms with Gasteiger partial charge in [-0.15, -0.1) is 11.3 Å². The first-order valence-corrected chi connectivity index (χ1v) is 7.09. The van der Waals surface area contributed by atoms with Crippen LogP contribution in [0.3, 0.4) is 0 Å². The number of thiophene rings is 1. The summed E-state index contributed by atoms with van der Waals surface area (Å²) in [6.07, 6.45) is 0. The van der Waals surface area contributed by atoms with Crippen LogP contribution < -0.4 is 10.1 Å². The molecule has 0 aliphatic rings. The molecule has 0 aliphatic carbocycles. The van der Waals surface area contributed by atoms with Gasteiger partial charge < -0.3 is 9.84 Å². The lowest BCUT2D eigenvalue weighted by Gasteiger charge is -2.27. The van der Waals surface area contributed by atoms with Crippen LogP contribution in [0.15, 0.2) is 41.8 Å². The minimum absolute atomic E-state index is 0.512. The zero-order valence-electron chi connectivity index (χ0n) is 11.4. The van der Waals surface area contributed by atoms with E-state index in [0.717, 1.165) is 4.88 Å². The Balaban J connectivity index is 2.25. The molecule has 1 heterocycles. The predicted octanol–water partition coefficient (Wildman–Crippen LogP) is 2.85. The number of methoxy groups -OCH3 is 1. The van der Waals surface area contributed by atoms with E-state index in [1.54, 1.807) is 49.6 Å². The first-order chi connectivity index (χ1) is 9.56. The van der Waals surface area contributed by atoms with Crippen LogP contribution in [-0.4, -0.2) is 18.2 Å². The fourth-order valence-corrected chi connectivity index (χ4v) is 2.56. The van der Waals surface area contributed by atoms with Gasteiger partial charge in [-0.05, 0) is 36.1 Å². The Morgan fingerprint density at radius 1 is 1.40 bits per heavy atom. The molecule has 0 saturated carbocycles. The number of ether oxygens (including phenoxy) is 1. The van der Waals surface area contributed by atoms with Crippen molar-refractivity contribution in [2.24, 2.45) is 0 Å². The normalized spacial score (nSPS) is 13.7. The van der Waals surface area contributed by atoms with Crippen molar-refractivity contribution in [2.75, 3.05) is 7.11 Å². The van der Waals surface area contributed by atoms with Crippen LogP contribution in [0.25, 0.3) is 0 Å². The second-order valence-corrected chi connectivity index (χ2v) is 5.63. The first kappa shape index (κ1) is 14.6. The Hall–Kier alpha value is -1.85. The lowest BCUT2D eigenvalue weighted by molar-refractivity contribution is -0.144. The molecule has 0 aliphatic heterocycles. The minimum Gasteiger partial charge on any atom is -0.497 e. The Labute approximate surface area is 122 Å². The lowest BCUT2D eigenvalue weighted by Crippen LogP contribution is -2.46.